The monoisotopic (exact) mass is 426 g/mol. The molecule has 6 heteroatoms. The van der Waals surface area contributed by atoms with E-state index in [1.807, 2.05) is 50.2 Å². The zero-order chi connectivity index (χ0) is 21.3. The van der Waals surface area contributed by atoms with Crippen molar-refractivity contribution in [1.82, 2.24) is 9.62 Å². The van der Waals surface area contributed by atoms with E-state index in [1.54, 1.807) is 6.07 Å². The molecule has 160 valence electrons. The topological polar surface area (TPSA) is 66.5 Å². The van der Waals surface area contributed by atoms with E-state index < -0.39 is 10.0 Å². The summed E-state index contributed by atoms with van der Waals surface area (Å²) in [5.41, 5.74) is 4.70. The van der Waals surface area contributed by atoms with E-state index in [0.29, 0.717) is 30.8 Å². The number of nitrogens with zero attached hydrogens (tertiary/aromatic N) is 1. The van der Waals surface area contributed by atoms with Crippen molar-refractivity contribution in [3.63, 3.8) is 0 Å². The molecule has 0 saturated carbocycles. The fourth-order valence-corrected chi connectivity index (χ4v) is 6.22. The Hall–Kier alpha value is -2.18. The zero-order valence-corrected chi connectivity index (χ0v) is 18.5. The molecule has 2 aliphatic rings. The number of benzene rings is 2. The van der Waals surface area contributed by atoms with Crippen LogP contribution in [0.3, 0.4) is 0 Å². The van der Waals surface area contributed by atoms with E-state index in [-0.39, 0.29) is 17.9 Å². The molecule has 4 rings (SSSR count). The molecule has 1 fully saturated rings. The lowest BCUT2D eigenvalue weighted by Crippen LogP contribution is -2.43. The summed E-state index contributed by atoms with van der Waals surface area (Å²) in [6.07, 6.45) is 4.20. The lowest BCUT2D eigenvalue weighted by atomic mass is 9.96. The van der Waals surface area contributed by atoms with Gasteiger partial charge in [0.2, 0.25) is 15.9 Å². The highest BCUT2D eigenvalue weighted by atomic mass is 32.2. The van der Waals surface area contributed by atoms with E-state index in [2.05, 4.69) is 5.32 Å². The Morgan fingerprint density at radius 1 is 1.07 bits per heavy atom. The molecular weight excluding hydrogens is 396 g/mol. The molecule has 1 N–H and O–H groups in total. The van der Waals surface area contributed by atoms with E-state index in [9.17, 15) is 13.2 Å². The van der Waals surface area contributed by atoms with Crippen molar-refractivity contribution < 1.29 is 13.2 Å². The Morgan fingerprint density at radius 3 is 2.50 bits per heavy atom. The fourth-order valence-electron chi connectivity index (χ4n) is 4.70. The van der Waals surface area contributed by atoms with Gasteiger partial charge in [0.25, 0.3) is 0 Å². The molecule has 1 aliphatic carbocycles. The minimum absolute atomic E-state index is 0.0142. The fraction of sp³-hybridized carbons (Fsp3) is 0.458. The van der Waals surface area contributed by atoms with E-state index in [1.165, 1.54) is 9.87 Å². The molecule has 2 aromatic rings. The Balaban J connectivity index is 1.37. The molecular formula is C24H30N2O3S. The summed E-state index contributed by atoms with van der Waals surface area (Å²) in [5.74, 6) is -0.136. The number of piperidine rings is 1. The first-order valence-corrected chi connectivity index (χ1v) is 12.3. The first kappa shape index (κ1) is 21.1. The van der Waals surface area contributed by atoms with Crippen LogP contribution in [0.4, 0.5) is 0 Å². The Morgan fingerprint density at radius 2 is 1.77 bits per heavy atom. The maximum absolute atomic E-state index is 13.1. The van der Waals surface area contributed by atoms with Gasteiger partial charge in [-0.25, -0.2) is 8.42 Å². The normalized spacial score (nSPS) is 18.7. The summed E-state index contributed by atoms with van der Waals surface area (Å²) < 4.78 is 27.7. The second-order valence-electron chi connectivity index (χ2n) is 8.55. The van der Waals surface area contributed by atoms with Gasteiger partial charge in [0.05, 0.1) is 10.9 Å². The van der Waals surface area contributed by atoms with Crippen LogP contribution in [0.25, 0.3) is 0 Å². The van der Waals surface area contributed by atoms with Crippen LogP contribution in [0.1, 0.15) is 54.5 Å². The predicted octanol–water partition coefficient (Wildman–Crippen LogP) is 3.76. The first-order valence-electron chi connectivity index (χ1n) is 10.8. The second-order valence-corrected chi connectivity index (χ2v) is 10.5. The number of fused-ring (bicyclic) bond motifs is 1. The third kappa shape index (κ3) is 4.16. The highest BCUT2D eigenvalue weighted by molar-refractivity contribution is 7.89. The van der Waals surface area contributed by atoms with Crippen molar-refractivity contribution in [2.75, 3.05) is 13.1 Å². The van der Waals surface area contributed by atoms with Crippen LogP contribution in [-0.2, 0) is 27.7 Å². The number of rotatable bonds is 5. The number of carbonyl (C=O) groups is 1. The molecule has 1 atom stereocenters. The molecule has 1 aliphatic heterocycles. The van der Waals surface area contributed by atoms with Gasteiger partial charge in [0.15, 0.2) is 0 Å². The van der Waals surface area contributed by atoms with Gasteiger partial charge in [0, 0.05) is 19.0 Å². The van der Waals surface area contributed by atoms with Crippen LogP contribution in [0, 0.1) is 12.8 Å². The van der Waals surface area contributed by atoms with E-state index in [4.69, 9.17) is 0 Å². The summed E-state index contributed by atoms with van der Waals surface area (Å²) in [6, 6.07) is 13.5. The summed E-state index contributed by atoms with van der Waals surface area (Å²) >= 11 is 0. The number of hydrogen-bond acceptors (Lipinski definition) is 3. The molecule has 0 bridgehead atoms. The highest BCUT2D eigenvalue weighted by Gasteiger charge is 2.33. The second kappa shape index (κ2) is 8.52. The van der Waals surface area contributed by atoms with Gasteiger partial charge in [-0.15, -0.1) is 0 Å². The maximum Gasteiger partial charge on any atom is 0.243 e. The van der Waals surface area contributed by atoms with Crippen LogP contribution < -0.4 is 5.32 Å². The third-order valence-corrected chi connectivity index (χ3v) is 8.44. The van der Waals surface area contributed by atoms with Crippen LogP contribution in [-0.4, -0.2) is 31.7 Å². The quantitative estimate of drug-likeness (QED) is 0.792. The largest absolute Gasteiger partial charge is 0.349 e. The number of sulfonamides is 1. The van der Waals surface area contributed by atoms with Crippen molar-refractivity contribution in [3.05, 3.63) is 64.7 Å². The van der Waals surface area contributed by atoms with Gasteiger partial charge in [-0.3, -0.25) is 4.79 Å². The van der Waals surface area contributed by atoms with Gasteiger partial charge in [-0.2, -0.15) is 4.31 Å². The molecule has 5 nitrogen and oxygen atoms in total. The van der Waals surface area contributed by atoms with Crippen molar-refractivity contribution in [2.45, 2.75) is 56.9 Å². The molecule has 0 radical (unpaired) electrons. The summed E-state index contributed by atoms with van der Waals surface area (Å²) in [6.45, 7) is 4.81. The van der Waals surface area contributed by atoms with Gasteiger partial charge >= 0.3 is 0 Å². The van der Waals surface area contributed by atoms with Crippen molar-refractivity contribution in [2.24, 2.45) is 5.92 Å². The van der Waals surface area contributed by atoms with Gasteiger partial charge in [0.1, 0.15) is 0 Å². The lowest BCUT2D eigenvalue weighted by molar-refractivity contribution is -0.126. The minimum Gasteiger partial charge on any atom is -0.349 e. The van der Waals surface area contributed by atoms with Gasteiger partial charge in [-0.05, 0) is 80.3 Å². The van der Waals surface area contributed by atoms with Crippen LogP contribution in [0.2, 0.25) is 0 Å². The number of amides is 1. The van der Waals surface area contributed by atoms with Gasteiger partial charge < -0.3 is 5.32 Å². The van der Waals surface area contributed by atoms with E-state index in [0.717, 1.165) is 36.0 Å². The first-order chi connectivity index (χ1) is 14.4. The van der Waals surface area contributed by atoms with E-state index >= 15 is 0 Å². The minimum atomic E-state index is -3.50. The standard InChI is InChI=1S/C24H30N2O3S/c1-17-6-3-4-9-23(17)18(2)25-24(27)20-12-14-26(15-13-20)30(28,29)22-11-10-19-7-5-8-21(19)16-22/h3-4,6,9-11,16,18,20H,5,7-8,12-15H2,1-2H3,(H,25,27)/t18-/m1/s1. The highest BCUT2D eigenvalue weighted by Crippen LogP contribution is 2.29. The van der Waals surface area contributed by atoms with Crippen LogP contribution >= 0.6 is 0 Å². The summed E-state index contributed by atoms with van der Waals surface area (Å²) in [4.78, 5) is 13.2. The Bertz CT molecular complexity index is 1040. The number of hydrogen-bond donors (Lipinski definition) is 1. The van der Waals surface area contributed by atoms with Crippen LogP contribution in [0.5, 0.6) is 0 Å². The van der Waals surface area contributed by atoms with Crippen molar-refractivity contribution in [3.8, 4) is 0 Å². The predicted molar refractivity (Wildman–Crippen MR) is 118 cm³/mol. The molecule has 1 saturated heterocycles. The average molecular weight is 427 g/mol. The molecule has 0 aromatic heterocycles. The summed E-state index contributed by atoms with van der Waals surface area (Å²) in [7, 11) is -3.50. The lowest BCUT2D eigenvalue weighted by Gasteiger charge is -2.31. The van der Waals surface area contributed by atoms with Crippen molar-refractivity contribution in [1.29, 1.82) is 0 Å². The zero-order valence-electron chi connectivity index (χ0n) is 17.7. The average Bonchev–Trinajstić information content (AvgIpc) is 3.22. The Labute approximate surface area is 179 Å². The number of carbonyl (C=O) groups excluding carboxylic acids is 1. The third-order valence-electron chi connectivity index (χ3n) is 6.55. The Kier molecular flexibility index (Phi) is 5.98. The molecule has 1 amide bonds. The maximum atomic E-state index is 13.1. The molecule has 0 spiro atoms. The van der Waals surface area contributed by atoms with Gasteiger partial charge in [-0.1, -0.05) is 30.3 Å². The smallest absolute Gasteiger partial charge is 0.243 e. The molecule has 1 heterocycles. The molecule has 0 unspecified atom stereocenters. The molecule has 30 heavy (non-hydrogen) atoms. The number of nitrogens with one attached hydrogen (secondary N) is 1. The molecule has 2 aromatic carbocycles. The number of aryl methyl sites for hydroxylation is 3. The summed E-state index contributed by atoms with van der Waals surface area (Å²) in [5, 5.41) is 3.11. The SMILES string of the molecule is Cc1ccccc1[C@@H](C)NC(=O)C1CCN(S(=O)(=O)c2ccc3c(c2)CCC3)CC1. The van der Waals surface area contributed by atoms with Crippen LogP contribution in [0.15, 0.2) is 47.4 Å². The van der Waals surface area contributed by atoms with Crippen molar-refractivity contribution >= 4 is 15.9 Å².